The summed E-state index contributed by atoms with van der Waals surface area (Å²) in [6.07, 6.45) is 0. The molecule has 3 rings (SSSR count). The van der Waals surface area contributed by atoms with E-state index < -0.39 is 25.1 Å². The summed E-state index contributed by atoms with van der Waals surface area (Å²) in [6, 6.07) is 13.1. The minimum absolute atomic E-state index is 0.0262. The van der Waals surface area contributed by atoms with E-state index in [-0.39, 0.29) is 22.8 Å². The Morgan fingerprint density at radius 3 is 2.42 bits per heavy atom. The fourth-order valence-corrected chi connectivity index (χ4v) is 3.12. The predicted molar refractivity (Wildman–Crippen MR) is 107 cm³/mol. The average molecular weight is 432 g/mol. The maximum Gasteiger partial charge on any atom is 0.387 e. The first kappa shape index (κ1) is 21.9. The number of aromatic nitrogens is 1. The number of halogens is 3. The summed E-state index contributed by atoms with van der Waals surface area (Å²) in [6.45, 7) is -0.195. The molecule has 1 heterocycles. The molecule has 0 saturated heterocycles. The number of anilines is 1. The van der Waals surface area contributed by atoms with Crippen LogP contribution in [-0.4, -0.2) is 29.7 Å². The van der Waals surface area contributed by atoms with Gasteiger partial charge in [-0.05, 0) is 56.3 Å². The molecule has 6 nitrogen and oxygen atoms in total. The van der Waals surface area contributed by atoms with Gasteiger partial charge in [0.15, 0.2) is 6.61 Å². The summed E-state index contributed by atoms with van der Waals surface area (Å²) in [5, 5.41) is 2.37. The second kappa shape index (κ2) is 9.38. The molecule has 0 fully saturated rings. The van der Waals surface area contributed by atoms with E-state index >= 15 is 0 Å². The van der Waals surface area contributed by atoms with Crippen LogP contribution in [0.25, 0.3) is 5.69 Å². The maximum absolute atomic E-state index is 13.2. The molecule has 9 heteroatoms. The maximum atomic E-state index is 13.2. The second-order valence-electron chi connectivity index (χ2n) is 6.60. The van der Waals surface area contributed by atoms with Crippen molar-refractivity contribution in [2.75, 3.05) is 11.9 Å². The van der Waals surface area contributed by atoms with Gasteiger partial charge in [0.25, 0.3) is 5.91 Å². The lowest BCUT2D eigenvalue weighted by Gasteiger charge is -2.12. The molecule has 1 amide bonds. The number of hydrogen-bond acceptors (Lipinski definition) is 4. The zero-order valence-electron chi connectivity index (χ0n) is 16.7. The van der Waals surface area contributed by atoms with Crippen LogP contribution in [0.1, 0.15) is 21.7 Å². The van der Waals surface area contributed by atoms with Gasteiger partial charge in [-0.1, -0.05) is 12.1 Å². The van der Waals surface area contributed by atoms with Crippen molar-refractivity contribution in [3.05, 3.63) is 77.4 Å². The molecule has 1 N–H and O–H groups in total. The lowest BCUT2D eigenvalue weighted by molar-refractivity contribution is -0.119. The molecular formula is C22H19F3N2O4. The predicted octanol–water partition coefficient (Wildman–Crippen LogP) is 4.63. The van der Waals surface area contributed by atoms with Crippen LogP contribution in [0.4, 0.5) is 18.9 Å². The molecule has 0 aliphatic rings. The smallest absolute Gasteiger partial charge is 0.387 e. The van der Waals surface area contributed by atoms with Crippen LogP contribution in [0.2, 0.25) is 0 Å². The highest BCUT2D eigenvalue weighted by Gasteiger charge is 2.19. The summed E-state index contributed by atoms with van der Waals surface area (Å²) in [4.78, 5) is 24.6. The molecular weight excluding hydrogens is 413 g/mol. The Kier molecular flexibility index (Phi) is 6.64. The van der Waals surface area contributed by atoms with Crippen LogP contribution in [0, 0.1) is 19.7 Å². The van der Waals surface area contributed by atoms with Crippen molar-refractivity contribution < 1.29 is 32.2 Å². The molecule has 162 valence electrons. The van der Waals surface area contributed by atoms with E-state index in [4.69, 9.17) is 4.74 Å². The molecule has 1 aromatic heterocycles. The number of carbonyl (C=O) groups excluding carboxylic acids is 2. The molecule has 0 bridgehead atoms. The van der Waals surface area contributed by atoms with Gasteiger partial charge in [0.2, 0.25) is 0 Å². The normalized spacial score (nSPS) is 10.8. The van der Waals surface area contributed by atoms with E-state index in [1.165, 1.54) is 36.4 Å². The monoisotopic (exact) mass is 432 g/mol. The molecule has 0 atom stereocenters. The summed E-state index contributed by atoms with van der Waals surface area (Å²) in [5.41, 5.74) is 2.22. The second-order valence-corrected chi connectivity index (χ2v) is 6.60. The van der Waals surface area contributed by atoms with Crippen LogP contribution in [-0.2, 0) is 9.53 Å². The van der Waals surface area contributed by atoms with Gasteiger partial charge >= 0.3 is 12.6 Å². The van der Waals surface area contributed by atoms with E-state index in [1.807, 2.05) is 0 Å². The number of aryl methyl sites for hydroxylation is 1. The van der Waals surface area contributed by atoms with E-state index in [2.05, 4.69) is 10.1 Å². The molecule has 2 aromatic carbocycles. The first-order valence-corrected chi connectivity index (χ1v) is 9.22. The third-order valence-electron chi connectivity index (χ3n) is 4.45. The number of nitrogens with one attached hydrogen (secondary N) is 1. The number of ether oxygens (including phenoxy) is 2. The minimum atomic E-state index is -3.05. The zero-order chi connectivity index (χ0) is 22.5. The molecule has 0 unspecified atom stereocenters. The third-order valence-corrected chi connectivity index (χ3v) is 4.45. The summed E-state index contributed by atoms with van der Waals surface area (Å²) in [5.74, 6) is -2.03. The SMILES string of the molecule is Cc1cc(C(=O)OCC(=O)Nc2ccccc2OC(F)F)c(C)n1-c1ccc(F)cc1. The zero-order valence-corrected chi connectivity index (χ0v) is 16.7. The van der Waals surface area contributed by atoms with E-state index in [1.54, 1.807) is 36.6 Å². The lowest BCUT2D eigenvalue weighted by Crippen LogP contribution is -2.21. The molecule has 0 spiro atoms. The number of nitrogens with zero attached hydrogens (tertiary/aromatic N) is 1. The first-order valence-electron chi connectivity index (χ1n) is 9.22. The molecule has 0 aliphatic heterocycles. The fourth-order valence-electron chi connectivity index (χ4n) is 3.12. The Bertz CT molecular complexity index is 1090. The summed E-state index contributed by atoms with van der Waals surface area (Å²) < 4.78 is 49.3. The van der Waals surface area contributed by atoms with Crippen molar-refractivity contribution in [1.82, 2.24) is 4.57 Å². The van der Waals surface area contributed by atoms with Gasteiger partial charge in [0, 0.05) is 17.1 Å². The van der Waals surface area contributed by atoms with Crippen molar-refractivity contribution in [3.63, 3.8) is 0 Å². The molecule has 3 aromatic rings. The van der Waals surface area contributed by atoms with E-state index in [9.17, 15) is 22.8 Å². The lowest BCUT2D eigenvalue weighted by atomic mass is 10.2. The van der Waals surface area contributed by atoms with Gasteiger partial charge in [-0.15, -0.1) is 0 Å². The fraction of sp³-hybridized carbons (Fsp3) is 0.182. The largest absolute Gasteiger partial charge is 0.452 e. The number of para-hydroxylation sites is 2. The highest BCUT2D eigenvalue weighted by Crippen LogP contribution is 2.25. The van der Waals surface area contributed by atoms with Gasteiger partial charge < -0.3 is 19.4 Å². The van der Waals surface area contributed by atoms with Gasteiger partial charge in [-0.25, -0.2) is 9.18 Å². The number of hydrogen-bond donors (Lipinski definition) is 1. The first-order chi connectivity index (χ1) is 14.8. The van der Waals surface area contributed by atoms with Gasteiger partial charge in [0.05, 0.1) is 11.3 Å². The van der Waals surface area contributed by atoms with Gasteiger partial charge in [0.1, 0.15) is 11.6 Å². The van der Waals surface area contributed by atoms with Crippen LogP contribution in [0.15, 0.2) is 54.6 Å². The molecule has 0 aliphatic carbocycles. The molecule has 31 heavy (non-hydrogen) atoms. The highest BCUT2D eigenvalue weighted by atomic mass is 19.3. The number of amides is 1. The molecule has 0 saturated carbocycles. The Labute approximate surface area is 176 Å². The quantitative estimate of drug-likeness (QED) is 0.553. The van der Waals surface area contributed by atoms with Gasteiger partial charge in [-0.3, -0.25) is 4.79 Å². The third kappa shape index (κ3) is 5.25. The number of benzene rings is 2. The van der Waals surface area contributed by atoms with Crippen LogP contribution < -0.4 is 10.1 Å². The summed E-state index contributed by atoms with van der Waals surface area (Å²) in [7, 11) is 0. The summed E-state index contributed by atoms with van der Waals surface area (Å²) >= 11 is 0. The van der Waals surface area contributed by atoms with Crippen molar-refractivity contribution in [2.24, 2.45) is 0 Å². The number of alkyl halides is 2. The van der Waals surface area contributed by atoms with Crippen LogP contribution in [0.5, 0.6) is 5.75 Å². The van der Waals surface area contributed by atoms with Gasteiger partial charge in [-0.2, -0.15) is 8.78 Å². The number of esters is 1. The van der Waals surface area contributed by atoms with Crippen molar-refractivity contribution in [1.29, 1.82) is 0 Å². The van der Waals surface area contributed by atoms with Crippen LogP contribution in [0.3, 0.4) is 0 Å². The highest BCUT2D eigenvalue weighted by molar-refractivity contribution is 5.97. The Hall–Kier alpha value is -3.75. The minimum Gasteiger partial charge on any atom is -0.452 e. The standard InChI is InChI=1S/C22H19F3N2O4/c1-13-11-17(14(2)27(13)16-9-7-15(23)8-10-16)21(29)30-12-20(28)26-18-5-3-4-6-19(18)31-22(24)25/h3-11,22H,12H2,1-2H3,(H,26,28). The van der Waals surface area contributed by atoms with E-state index in [0.717, 1.165) is 5.69 Å². The van der Waals surface area contributed by atoms with E-state index in [0.29, 0.717) is 11.4 Å². The Morgan fingerprint density at radius 2 is 1.74 bits per heavy atom. The van der Waals surface area contributed by atoms with Crippen molar-refractivity contribution >= 4 is 17.6 Å². The molecule has 0 radical (unpaired) electrons. The number of carbonyl (C=O) groups is 2. The Morgan fingerprint density at radius 1 is 1.06 bits per heavy atom. The average Bonchev–Trinajstić information content (AvgIpc) is 3.02. The number of rotatable bonds is 7. The van der Waals surface area contributed by atoms with Crippen LogP contribution >= 0.6 is 0 Å². The Balaban J connectivity index is 1.67. The van der Waals surface area contributed by atoms with Crippen molar-refractivity contribution in [3.8, 4) is 11.4 Å². The topological polar surface area (TPSA) is 69.6 Å². The van der Waals surface area contributed by atoms with Crippen molar-refractivity contribution in [2.45, 2.75) is 20.5 Å².